The van der Waals surface area contributed by atoms with E-state index in [4.69, 9.17) is 15.2 Å². The highest BCUT2D eigenvalue weighted by Gasteiger charge is 2.54. The molecule has 3 heteroatoms. The summed E-state index contributed by atoms with van der Waals surface area (Å²) < 4.78 is 11.0. The van der Waals surface area contributed by atoms with Gasteiger partial charge in [-0.15, -0.1) is 0 Å². The molecular formula is C14H25NO2. The third-order valence-electron chi connectivity index (χ3n) is 5.36. The lowest BCUT2D eigenvalue weighted by Gasteiger charge is -2.58. The highest BCUT2D eigenvalue weighted by molar-refractivity contribution is 5.03. The number of methoxy groups -OCH3 is 1. The summed E-state index contributed by atoms with van der Waals surface area (Å²) in [5.41, 5.74) is 6.61. The first-order chi connectivity index (χ1) is 8.11. The van der Waals surface area contributed by atoms with Crippen LogP contribution in [0.25, 0.3) is 0 Å². The number of hydrogen-bond acceptors (Lipinski definition) is 3. The summed E-state index contributed by atoms with van der Waals surface area (Å²) in [6.07, 6.45) is 7.90. The summed E-state index contributed by atoms with van der Waals surface area (Å²) in [6.45, 7) is 1.93. The maximum atomic E-state index is 6.35. The fourth-order valence-corrected chi connectivity index (χ4v) is 4.93. The van der Waals surface area contributed by atoms with E-state index in [0.29, 0.717) is 0 Å². The van der Waals surface area contributed by atoms with E-state index < -0.39 is 0 Å². The summed E-state index contributed by atoms with van der Waals surface area (Å²) >= 11 is 0. The Hall–Kier alpha value is -0.120. The molecule has 4 aliphatic carbocycles. The second kappa shape index (κ2) is 4.22. The Kier molecular flexibility index (Phi) is 2.96. The second-order valence-corrected chi connectivity index (χ2v) is 6.64. The molecule has 2 unspecified atom stereocenters. The maximum Gasteiger partial charge on any atom is 0.156 e. The van der Waals surface area contributed by atoms with E-state index in [9.17, 15) is 0 Å². The standard InChI is InChI=1S/C14H25NO2/c1-9(16-2)17-13(15)14-6-10-3-11(7-14)5-12(4-10)8-14/h9-13H,3-8,15H2,1-2H3. The van der Waals surface area contributed by atoms with Gasteiger partial charge in [0.1, 0.15) is 6.23 Å². The molecule has 0 aromatic carbocycles. The minimum atomic E-state index is -0.182. The van der Waals surface area contributed by atoms with Crippen LogP contribution in [0, 0.1) is 23.2 Å². The summed E-state index contributed by atoms with van der Waals surface area (Å²) in [4.78, 5) is 0. The molecular weight excluding hydrogens is 214 g/mol. The first-order valence-corrected chi connectivity index (χ1v) is 7.05. The van der Waals surface area contributed by atoms with Gasteiger partial charge in [0.25, 0.3) is 0 Å². The molecule has 0 aromatic heterocycles. The fourth-order valence-electron chi connectivity index (χ4n) is 4.93. The Labute approximate surface area is 104 Å². The zero-order valence-electron chi connectivity index (χ0n) is 11.0. The van der Waals surface area contributed by atoms with Crippen molar-refractivity contribution in [3.05, 3.63) is 0 Å². The molecule has 2 N–H and O–H groups in total. The Balaban J connectivity index is 1.73. The molecule has 0 heterocycles. The van der Waals surface area contributed by atoms with E-state index in [-0.39, 0.29) is 17.9 Å². The lowest BCUT2D eigenvalue weighted by atomic mass is 9.49. The van der Waals surface area contributed by atoms with Gasteiger partial charge in [0.2, 0.25) is 0 Å². The van der Waals surface area contributed by atoms with Crippen LogP contribution in [0.2, 0.25) is 0 Å². The van der Waals surface area contributed by atoms with Crippen LogP contribution in [-0.4, -0.2) is 19.6 Å². The van der Waals surface area contributed by atoms with Crippen molar-refractivity contribution in [1.82, 2.24) is 0 Å². The SMILES string of the molecule is COC(C)OC(N)C12CC3CC(CC(C3)C1)C2. The van der Waals surface area contributed by atoms with Gasteiger partial charge in [-0.2, -0.15) is 0 Å². The van der Waals surface area contributed by atoms with Crippen molar-refractivity contribution in [3.63, 3.8) is 0 Å². The normalized spacial score (nSPS) is 47.1. The molecule has 0 aromatic rings. The van der Waals surface area contributed by atoms with Gasteiger partial charge in [-0.3, -0.25) is 0 Å². The zero-order valence-corrected chi connectivity index (χ0v) is 11.0. The summed E-state index contributed by atoms with van der Waals surface area (Å²) in [5, 5.41) is 0. The third kappa shape index (κ3) is 2.02. The Morgan fingerprint density at radius 1 is 1.06 bits per heavy atom. The number of hydrogen-bond donors (Lipinski definition) is 1. The van der Waals surface area contributed by atoms with Gasteiger partial charge in [0.15, 0.2) is 6.29 Å². The average Bonchev–Trinajstić information content (AvgIpc) is 2.26. The van der Waals surface area contributed by atoms with Crippen molar-refractivity contribution in [2.45, 2.75) is 58.0 Å². The highest BCUT2D eigenvalue weighted by atomic mass is 16.7. The summed E-state index contributed by atoms with van der Waals surface area (Å²) in [5.74, 6) is 2.77. The van der Waals surface area contributed by atoms with E-state index in [0.717, 1.165) is 17.8 Å². The van der Waals surface area contributed by atoms with Gasteiger partial charge < -0.3 is 15.2 Å². The van der Waals surface area contributed by atoms with Gasteiger partial charge in [-0.1, -0.05) is 0 Å². The molecule has 4 saturated carbocycles. The molecule has 17 heavy (non-hydrogen) atoms. The summed E-state index contributed by atoms with van der Waals surface area (Å²) in [7, 11) is 1.68. The van der Waals surface area contributed by atoms with Crippen molar-refractivity contribution in [2.24, 2.45) is 28.9 Å². The Bertz CT molecular complexity index is 257. The molecule has 4 aliphatic rings. The van der Waals surface area contributed by atoms with Crippen LogP contribution >= 0.6 is 0 Å². The number of nitrogens with two attached hydrogens (primary N) is 1. The van der Waals surface area contributed by atoms with Crippen LogP contribution in [0.5, 0.6) is 0 Å². The molecule has 0 amide bonds. The monoisotopic (exact) mass is 239 g/mol. The van der Waals surface area contributed by atoms with Crippen LogP contribution in [0.1, 0.15) is 45.4 Å². The van der Waals surface area contributed by atoms with Gasteiger partial charge in [0.05, 0.1) is 0 Å². The minimum Gasteiger partial charge on any atom is -0.356 e. The molecule has 2 atom stereocenters. The van der Waals surface area contributed by atoms with Gasteiger partial charge in [-0.25, -0.2) is 0 Å². The third-order valence-corrected chi connectivity index (χ3v) is 5.36. The predicted molar refractivity (Wildman–Crippen MR) is 66.1 cm³/mol. The lowest BCUT2D eigenvalue weighted by Crippen LogP contribution is -2.56. The van der Waals surface area contributed by atoms with Gasteiger partial charge in [-0.05, 0) is 63.2 Å². The van der Waals surface area contributed by atoms with E-state index in [1.165, 1.54) is 38.5 Å². The number of ether oxygens (including phenoxy) is 2. The number of rotatable bonds is 4. The van der Waals surface area contributed by atoms with E-state index >= 15 is 0 Å². The zero-order chi connectivity index (χ0) is 12.0. The molecule has 0 spiro atoms. The molecule has 0 radical (unpaired) electrons. The molecule has 0 saturated heterocycles. The smallest absolute Gasteiger partial charge is 0.156 e. The predicted octanol–water partition coefficient (Wildman–Crippen LogP) is 2.50. The first-order valence-electron chi connectivity index (χ1n) is 7.05. The van der Waals surface area contributed by atoms with Crippen molar-refractivity contribution < 1.29 is 9.47 Å². The van der Waals surface area contributed by atoms with E-state index in [2.05, 4.69) is 0 Å². The van der Waals surface area contributed by atoms with E-state index in [1.54, 1.807) is 7.11 Å². The topological polar surface area (TPSA) is 44.5 Å². The Morgan fingerprint density at radius 2 is 1.53 bits per heavy atom. The van der Waals surface area contributed by atoms with Crippen molar-refractivity contribution in [2.75, 3.05) is 7.11 Å². The summed E-state index contributed by atoms with van der Waals surface area (Å²) in [6, 6.07) is 0. The van der Waals surface area contributed by atoms with Crippen LogP contribution in [0.4, 0.5) is 0 Å². The fraction of sp³-hybridized carbons (Fsp3) is 1.00. The molecule has 4 fully saturated rings. The van der Waals surface area contributed by atoms with Gasteiger partial charge >= 0.3 is 0 Å². The van der Waals surface area contributed by atoms with Crippen molar-refractivity contribution >= 4 is 0 Å². The van der Waals surface area contributed by atoms with E-state index in [1.807, 2.05) is 6.92 Å². The lowest BCUT2D eigenvalue weighted by molar-refractivity contribution is -0.208. The Morgan fingerprint density at radius 3 is 1.94 bits per heavy atom. The van der Waals surface area contributed by atoms with Crippen LogP contribution < -0.4 is 5.73 Å². The molecule has 0 aliphatic heterocycles. The van der Waals surface area contributed by atoms with Crippen LogP contribution in [0.15, 0.2) is 0 Å². The van der Waals surface area contributed by atoms with Crippen molar-refractivity contribution in [1.29, 1.82) is 0 Å². The van der Waals surface area contributed by atoms with Crippen LogP contribution in [0.3, 0.4) is 0 Å². The minimum absolute atomic E-state index is 0.133. The first kappa shape index (κ1) is 11.9. The molecule has 4 bridgehead atoms. The highest BCUT2D eigenvalue weighted by Crippen LogP contribution is 2.61. The average molecular weight is 239 g/mol. The van der Waals surface area contributed by atoms with Gasteiger partial charge in [0, 0.05) is 12.5 Å². The molecule has 98 valence electrons. The van der Waals surface area contributed by atoms with Crippen molar-refractivity contribution in [3.8, 4) is 0 Å². The quantitative estimate of drug-likeness (QED) is 0.767. The largest absolute Gasteiger partial charge is 0.356 e. The maximum absolute atomic E-state index is 6.35. The second-order valence-electron chi connectivity index (χ2n) is 6.64. The van der Waals surface area contributed by atoms with Crippen LogP contribution in [-0.2, 0) is 9.47 Å². The molecule has 4 rings (SSSR count). The molecule has 3 nitrogen and oxygen atoms in total.